The highest BCUT2D eigenvalue weighted by atomic mass is 32.1. The van der Waals surface area contributed by atoms with Crippen LogP contribution in [0.1, 0.15) is 56.5 Å². The first-order valence-electron chi connectivity index (χ1n) is 12.8. The minimum absolute atomic E-state index is 0.232. The number of thiophene rings is 1. The number of aromatic nitrogens is 1. The van der Waals surface area contributed by atoms with Gasteiger partial charge in [0.25, 0.3) is 0 Å². The van der Waals surface area contributed by atoms with E-state index in [1.807, 2.05) is 40.5 Å². The number of methoxy groups -OCH3 is 2. The molecule has 194 valence electrons. The van der Waals surface area contributed by atoms with Gasteiger partial charge in [0.15, 0.2) is 0 Å². The van der Waals surface area contributed by atoms with Crippen LogP contribution in [0.5, 0.6) is 5.75 Å². The normalized spacial score (nSPS) is 16.1. The largest absolute Gasteiger partial charge is 0.497 e. The van der Waals surface area contributed by atoms with E-state index in [1.54, 1.807) is 31.4 Å². The van der Waals surface area contributed by atoms with Crippen molar-refractivity contribution in [1.29, 1.82) is 0 Å². The van der Waals surface area contributed by atoms with E-state index in [0.29, 0.717) is 17.8 Å². The van der Waals surface area contributed by atoms with Crippen LogP contribution in [0.4, 0.5) is 10.5 Å². The molecule has 1 atom stereocenters. The highest BCUT2D eigenvalue weighted by molar-refractivity contribution is 7.15. The summed E-state index contributed by atoms with van der Waals surface area (Å²) < 4.78 is 12.5. The van der Waals surface area contributed by atoms with E-state index in [-0.39, 0.29) is 12.1 Å². The number of anilines is 1. The van der Waals surface area contributed by atoms with Crippen molar-refractivity contribution in [2.24, 2.45) is 0 Å². The van der Waals surface area contributed by atoms with Gasteiger partial charge in [-0.25, -0.2) is 9.59 Å². The third-order valence-corrected chi connectivity index (χ3v) is 8.74. The highest BCUT2D eigenvalue weighted by Gasteiger charge is 2.36. The average Bonchev–Trinajstić information content (AvgIpc) is 3.54. The molecule has 4 aromatic rings. The summed E-state index contributed by atoms with van der Waals surface area (Å²) in [5, 5.41) is 4.26. The maximum atomic E-state index is 14.1. The molecule has 1 N–H and O–H groups in total. The van der Waals surface area contributed by atoms with Crippen LogP contribution < -0.4 is 10.1 Å². The van der Waals surface area contributed by atoms with Crippen LogP contribution in [-0.4, -0.2) is 35.7 Å². The van der Waals surface area contributed by atoms with Gasteiger partial charge in [-0.1, -0.05) is 18.2 Å². The summed E-state index contributed by atoms with van der Waals surface area (Å²) in [4.78, 5) is 29.5. The monoisotopic (exact) mass is 527 g/mol. The molecular formula is C30H29N3O4S. The standard InChI is InChI=1S/C30H29N3O4S/c1-36-22-14-12-19(13-15-22)27-25-10-6-16-32(25)28-24(23-9-3-4-11-26(23)38-28)18-33(27)30(35)31-21-8-5-7-20(17-21)29(34)37-2/h5-8,10,12-17,27H,3-4,9,11,18H2,1-2H3,(H,31,35)/t27-/m1/s1. The Morgan fingerprint density at radius 3 is 2.58 bits per heavy atom. The van der Waals surface area contributed by atoms with E-state index < -0.39 is 5.97 Å². The predicted octanol–water partition coefficient (Wildman–Crippen LogP) is 6.35. The second kappa shape index (κ2) is 10.0. The summed E-state index contributed by atoms with van der Waals surface area (Å²) in [6, 6.07) is 18.3. The lowest BCUT2D eigenvalue weighted by molar-refractivity contribution is 0.0600. The van der Waals surface area contributed by atoms with Crippen LogP contribution in [0.2, 0.25) is 0 Å². The first kappa shape index (κ1) is 24.3. The van der Waals surface area contributed by atoms with Gasteiger partial charge in [0.2, 0.25) is 0 Å². The summed E-state index contributed by atoms with van der Waals surface area (Å²) in [7, 11) is 2.99. The molecule has 0 saturated heterocycles. The minimum atomic E-state index is -0.445. The molecule has 0 unspecified atom stereocenters. The number of ether oxygens (including phenoxy) is 2. The third kappa shape index (κ3) is 4.24. The predicted molar refractivity (Wildman–Crippen MR) is 147 cm³/mol. The Hall–Kier alpha value is -4.04. The van der Waals surface area contributed by atoms with Gasteiger partial charge in [0.1, 0.15) is 10.8 Å². The van der Waals surface area contributed by atoms with Crippen molar-refractivity contribution in [2.75, 3.05) is 19.5 Å². The van der Waals surface area contributed by atoms with Crippen LogP contribution >= 0.6 is 11.3 Å². The second-order valence-electron chi connectivity index (χ2n) is 9.60. The molecule has 6 rings (SSSR count). The molecule has 3 heterocycles. The van der Waals surface area contributed by atoms with Gasteiger partial charge in [-0.15, -0.1) is 11.3 Å². The van der Waals surface area contributed by atoms with Crippen molar-refractivity contribution in [3.05, 3.63) is 99.7 Å². The van der Waals surface area contributed by atoms with Crippen molar-refractivity contribution in [3.63, 3.8) is 0 Å². The number of aryl methyl sites for hydroxylation is 1. The number of carbonyl (C=O) groups is 2. The van der Waals surface area contributed by atoms with E-state index in [9.17, 15) is 9.59 Å². The Morgan fingerprint density at radius 1 is 0.974 bits per heavy atom. The number of hydrogen-bond acceptors (Lipinski definition) is 5. The fourth-order valence-electron chi connectivity index (χ4n) is 5.56. The zero-order chi connectivity index (χ0) is 26.2. The molecule has 1 aliphatic carbocycles. The van der Waals surface area contributed by atoms with E-state index in [2.05, 4.69) is 28.2 Å². The summed E-state index contributed by atoms with van der Waals surface area (Å²) in [6.45, 7) is 0.488. The van der Waals surface area contributed by atoms with Gasteiger partial charge in [0, 0.05) is 22.3 Å². The Balaban J connectivity index is 1.45. The number of hydrogen-bond donors (Lipinski definition) is 1. The summed E-state index contributed by atoms with van der Waals surface area (Å²) in [6.07, 6.45) is 6.62. The maximum absolute atomic E-state index is 14.1. The molecule has 0 radical (unpaired) electrons. The van der Waals surface area contributed by atoms with Crippen LogP contribution in [0.3, 0.4) is 0 Å². The van der Waals surface area contributed by atoms with Gasteiger partial charge >= 0.3 is 12.0 Å². The highest BCUT2D eigenvalue weighted by Crippen LogP contribution is 2.44. The van der Waals surface area contributed by atoms with Crippen LogP contribution in [-0.2, 0) is 24.1 Å². The second-order valence-corrected chi connectivity index (χ2v) is 10.7. The smallest absolute Gasteiger partial charge is 0.337 e. The summed E-state index contributed by atoms with van der Waals surface area (Å²) >= 11 is 1.86. The van der Waals surface area contributed by atoms with E-state index in [0.717, 1.165) is 29.8 Å². The van der Waals surface area contributed by atoms with Crippen LogP contribution in [0.15, 0.2) is 66.9 Å². The fourth-order valence-corrected chi connectivity index (χ4v) is 6.96. The maximum Gasteiger partial charge on any atom is 0.337 e. The van der Waals surface area contributed by atoms with Gasteiger partial charge < -0.3 is 24.3 Å². The van der Waals surface area contributed by atoms with Gasteiger partial charge in [-0.3, -0.25) is 0 Å². The number of fused-ring (bicyclic) bond motifs is 5. The zero-order valence-corrected chi connectivity index (χ0v) is 22.2. The molecule has 7 nitrogen and oxygen atoms in total. The molecule has 0 fully saturated rings. The number of nitrogens with one attached hydrogen (secondary N) is 1. The Kier molecular flexibility index (Phi) is 6.41. The van der Waals surface area contributed by atoms with Gasteiger partial charge in [-0.05, 0) is 79.3 Å². The lowest BCUT2D eigenvalue weighted by atomic mass is 9.95. The van der Waals surface area contributed by atoms with Crippen molar-refractivity contribution in [2.45, 2.75) is 38.3 Å². The molecule has 2 aromatic heterocycles. The van der Waals surface area contributed by atoms with Gasteiger partial charge in [-0.2, -0.15) is 0 Å². The molecule has 1 aliphatic heterocycles. The first-order valence-corrected chi connectivity index (χ1v) is 13.6. The number of amides is 2. The van der Waals surface area contributed by atoms with Crippen molar-refractivity contribution in [3.8, 4) is 10.8 Å². The fraction of sp³-hybridized carbons (Fsp3) is 0.267. The molecule has 8 heteroatoms. The average molecular weight is 528 g/mol. The lowest BCUT2D eigenvalue weighted by Gasteiger charge is -2.31. The van der Waals surface area contributed by atoms with Gasteiger partial charge in [0.05, 0.1) is 38.1 Å². The molecule has 0 saturated carbocycles. The Morgan fingerprint density at radius 2 is 1.79 bits per heavy atom. The minimum Gasteiger partial charge on any atom is -0.497 e. The molecule has 2 aliphatic rings. The number of rotatable bonds is 4. The number of carbonyl (C=O) groups excluding carboxylic acids is 2. The molecule has 2 amide bonds. The summed E-state index contributed by atoms with van der Waals surface area (Å²) in [5.41, 5.74) is 5.59. The zero-order valence-electron chi connectivity index (χ0n) is 21.4. The van der Waals surface area contributed by atoms with Crippen molar-refractivity contribution in [1.82, 2.24) is 9.47 Å². The molecule has 2 aromatic carbocycles. The summed E-state index contributed by atoms with van der Waals surface area (Å²) in [5.74, 6) is 0.320. The molecule has 38 heavy (non-hydrogen) atoms. The van der Waals surface area contributed by atoms with Crippen LogP contribution in [0.25, 0.3) is 5.00 Å². The first-order chi connectivity index (χ1) is 18.6. The molecule has 0 spiro atoms. The topological polar surface area (TPSA) is 72.8 Å². The lowest BCUT2D eigenvalue weighted by Crippen LogP contribution is -2.38. The number of urea groups is 1. The number of nitrogens with zero attached hydrogens (tertiary/aromatic N) is 2. The Labute approximate surface area is 225 Å². The van der Waals surface area contributed by atoms with Crippen LogP contribution in [0, 0.1) is 0 Å². The quantitative estimate of drug-likeness (QED) is 0.314. The van der Waals surface area contributed by atoms with E-state index in [1.165, 1.54) is 41.0 Å². The van der Waals surface area contributed by atoms with Crippen molar-refractivity contribution < 1.29 is 19.1 Å². The van der Waals surface area contributed by atoms with E-state index >= 15 is 0 Å². The van der Waals surface area contributed by atoms with E-state index in [4.69, 9.17) is 9.47 Å². The Bertz CT molecular complexity index is 1500. The number of esters is 1. The third-order valence-electron chi connectivity index (χ3n) is 7.41. The molecular weight excluding hydrogens is 498 g/mol. The number of benzene rings is 2. The van der Waals surface area contributed by atoms with Crippen molar-refractivity contribution >= 4 is 29.0 Å². The SMILES string of the molecule is COC(=O)c1cccc(NC(=O)N2Cc3c(sc4c3CCCC4)-n3cccc3[C@H]2c2ccc(OC)cc2)c1. The molecule has 0 bridgehead atoms.